The van der Waals surface area contributed by atoms with E-state index in [0.717, 1.165) is 0 Å². The normalized spacial score (nSPS) is 14.1. The molecule has 624 valence electrons. The summed E-state index contributed by atoms with van der Waals surface area (Å²) in [5.74, 6) is -16.6. The van der Waals surface area contributed by atoms with Crippen molar-refractivity contribution in [3.8, 4) is 0 Å². The van der Waals surface area contributed by atoms with Gasteiger partial charge in [0.25, 0.3) is 0 Å². The highest BCUT2D eigenvalue weighted by atomic mass is 32.2. The maximum Gasteiger partial charge on any atom is 0.326 e. The summed E-state index contributed by atoms with van der Waals surface area (Å²) in [5.41, 5.74) is 46.4. The Balaban J connectivity index is 2.05. The molecule has 44 heteroatoms. The van der Waals surface area contributed by atoms with Crippen LogP contribution in [-0.2, 0) is 84.8 Å². The Labute approximate surface area is 661 Å². The van der Waals surface area contributed by atoms with Gasteiger partial charge in [-0.15, -0.1) is 0 Å². The number of carbonyl (C=O) groups is 15. The number of aliphatic carboxylic acids is 1. The van der Waals surface area contributed by atoms with Gasteiger partial charge in [0.1, 0.15) is 66.5 Å². The quantitative estimate of drug-likeness (QED) is 0.0108. The number of unbranched alkanes of at least 4 members (excludes halogenated alkanes) is 1. The first kappa shape index (κ1) is 95.7. The van der Waals surface area contributed by atoms with Gasteiger partial charge < -0.3 is 130 Å². The van der Waals surface area contributed by atoms with Crippen molar-refractivity contribution in [1.82, 2.24) is 79.4 Å². The monoisotopic (exact) mass is 1620 g/mol. The SMILES string of the molecule is CSCC[C@H](NC(=O)[C@H](CC(N)=O)NC(=O)[C@H](CCCNC(=N)N)NC(=O)[C@H](CCC(N)=O)NC(=O)[C@H](Cc1c[nH]c2ccccc12)NC(=O)[C@H](CCC(N)=O)NC(=O)[C@H](Cc1ccccc1)NC(=O)[C@@H](N)CS)C(=O)N[C@@H](CCCNC(=N)N)C(=O)N[C@@H](CCCCN)C(=O)N[C@@H](C)C(=O)N[C@@H](CCCNC(=N)N)C(=O)O. The third kappa shape index (κ3) is 36.9. The van der Waals surface area contributed by atoms with Crippen LogP contribution in [0.4, 0.5) is 0 Å². The Hall–Kier alpha value is -11.5. The van der Waals surface area contributed by atoms with Crippen LogP contribution in [0, 0.1) is 16.2 Å². The molecule has 0 aliphatic carbocycles. The maximum absolute atomic E-state index is 15.0. The van der Waals surface area contributed by atoms with E-state index < -0.39 is 205 Å². The van der Waals surface area contributed by atoms with E-state index in [-0.39, 0.29) is 114 Å². The van der Waals surface area contributed by atoms with Crippen molar-refractivity contribution in [2.45, 2.75) is 189 Å². The number of amides is 14. The Morgan fingerprint density at radius 2 is 0.814 bits per heavy atom. The zero-order valence-corrected chi connectivity index (χ0v) is 64.7. The molecular formula is C69H110N26O16S2. The molecule has 113 heavy (non-hydrogen) atoms. The first-order valence-corrected chi connectivity index (χ1v) is 38.4. The van der Waals surface area contributed by atoms with Gasteiger partial charge in [-0.05, 0) is 120 Å². The second-order valence-electron chi connectivity index (χ2n) is 26.4. The molecule has 0 unspecified atom stereocenters. The number of nitrogens with one attached hydrogen (secondary N) is 18. The molecule has 0 bridgehead atoms. The minimum atomic E-state index is -1.93. The van der Waals surface area contributed by atoms with E-state index in [1.807, 2.05) is 0 Å². The molecule has 14 amide bonds. The molecule has 0 radical (unpaired) electrons. The van der Waals surface area contributed by atoms with Crippen molar-refractivity contribution < 1.29 is 77.0 Å². The van der Waals surface area contributed by atoms with Crippen LogP contribution in [0.5, 0.6) is 0 Å². The average Bonchev–Trinajstić information content (AvgIpc) is 1.65. The van der Waals surface area contributed by atoms with E-state index in [1.165, 1.54) is 18.7 Å². The number of primary amides is 3. The molecule has 3 rings (SSSR count). The van der Waals surface area contributed by atoms with Crippen molar-refractivity contribution in [2.24, 2.45) is 45.9 Å². The van der Waals surface area contributed by atoms with Crippen molar-refractivity contribution in [2.75, 3.05) is 43.9 Å². The van der Waals surface area contributed by atoms with Crippen LogP contribution >= 0.6 is 24.4 Å². The second-order valence-corrected chi connectivity index (χ2v) is 27.8. The van der Waals surface area contributed by atoms with E-state index in [2.05, 4.69) is 92.0 Å². The number of fused-ring (bicyclic) bond motifs is 1. The Morgan fingerprint density at radius 1 is 0.442 bits per heavy atom. The summed E-state index contributed by atoms with van der Waals surface area (Å²) >= 11 is 5.32. The van der Waals surface area contributed by atoms with Crippen LogP contribution in [0.2, 0.25) is 0 Å². The van der Waals surface area contributed by atoms with E-state index in [9.17, 15) is 77.0 Å². The number of guanidine groups is 3. The first-order chi connectivity index (χ1) is 53.6. The van der Waals surface area contributed by atoms with Crippen molar-refractivity contribution in [3.63, 3.8) is 0 Å². The predicted molar refractivity (Wildman–Crippen MR) is 423 cm³/mol. The highest BCUT2D eigenvalue weighted by molar-refractivity contribution is 7.98. The molecule has 0 spiro atoms. The number of para-hydroxylation sites is 1. The number of rotatable bonds is 55. The number of thioether (sulfide) groups is 1. The maximum atomic E-state index is 15.0. The van der Waals surface area contributed by atoms with Crippen LogP contribution < -0.4 is 120 Å². The molecule has 42 nitrogen and oxygen atoms in total. The predicted octanol–water partition coefficient (Wildman–Crippen LogP) is -7.27. The third-order valence-electron chi connectivity index (χ3n) is 17.3. The molecule has 12 atom stereocenters. The molecule has 0 saturated heterocycles. The summed E-state index contributed by atoms with van der Waals surface area (Å²) in [7, 11) is 0. The number of H-pyrrole nitrogens is 1. The number of carboxylic acid groups (broad SMARTS) is 1. The van der Waals surface area contributed by atoms with Crippen LogP contribution in [0.25, 0.3) is 10.9 Å². The van der Waals surface area contributed by atoms with Crippen molar-refractivity contribution in [1.29, 1.82) is 16.2 Å². The standard InChI is InChI=1S/C69H110N26O16S2/c1-36(55(99)92-48(66(110)111)20-12-29-83-69(79)80)85-57(101)42(17-8-9-26-70)86-58(102)43(18-10-27-81-67(75)76)88-62(106)47(25-30-113-2)91-65(109)51(33-54(74)98)95-59(103)44(19-11-28-82-68(77)78)87-60(104)45(21-23-52(72)96)90-64(108)50(32-38-34-84-41-16-7-6-15-39(38)41)94-61(105)46(22-24-53(73)97)89-63(107)49(93-56(100)40(71)35-112)31-37-13-4-3-5-14-37/h3-7,13-16,34,36,40,42-51,84,112H,8-12,17-33,35,70-71H2,1-2H3,(H2,72,96)(H2,73,97)(H2,74,98)(H,85,101)(H,86,102)(H,87,104)(H,88,106)(H,89,107)(H,90,108)(H,91,109)(H,92,99)(H,93,100)(H,94,105)(H,95,103)(H,110,111)(H4,75,76,81)(H4,77,78,82)(H4,79,80,83)/t36-,40-,42-,43-,44-,45-,46-,47-,48-,49-,50-,51-/m0/s1. The smallest absolute Gasteiger partial charge is 0.326 e. The summed E-state index contributed by atoms with van der Waals surface area (Å²) in [6, 6.07) is -3.19. The first-order valence-electron chi connectivity index (χ1n) is 36.4. The number of carbonyl (C=O) groups excluding carboxylic acids is 14. The Bertz CT molecular complexity index is 3760. The van der Waals surface area contributed by atoms with Gasteiger partial charge in [0, 0.05) is 68.2 Å². The van der Waals surface area contributed by atoms with E-state index >= 15 is 0 Å². The zero-order valence-electron chi connectivity index (χ0n) is 63.0. The van der Waals surface area contributed by atoms with Gasteiger partial charge in [0.05, 0.1) is 12.5 Å². The van der Waals surface area contributed by atoms with Crippen LogP contribution in [0.3, 0.4) is 0 Å². The Kier molecular flexibility index (Phi) is 43.3. The fourth-order valence-corrected chi connectivity index (χ4v) is 11.8. The Morgan fingerprint density at radius 3 is 1.25 bits per heavy atom. The molecule has 2 aromatic carbocycles. The minimum absolute atomic E-state index is 0.000270. The lowest BCUT2D eigenvalue weighted by Crippen LogP contribution is -2.61. The number of aromatic amines is 1. The molecule has 0 aliphatic rings. The van der Waals surface area contributed by atoms with E-state index in [0.29, 0.717) is 28.5 Å². The highest BCUT2D eigenvalue weighted by Crippen LogP contribution is 2.20. The zero-order chi connectivity index (χ0) is 84.3. The lowest BCUT2D eigenvalue weighted by Gasteiger charge is -2.28. The number of hydrogen-bond donors (Lipinski definition) is 28. The summed E-state index contributed by atoms with van der Waals surface area (Å²) < 4.78 is 0. The average molecular weight is 1620 g/mol. The lowest BCUT2D eigenvalue weighted by molar-refractivity contribution is -0.142. The summed E-state index contributed by atoms with van der Waals surface area (Å²) in [6.07, 6.45) is -0.247. The van der Waals surface area contributed by atoms with Gasteiger partial charge in [-0.2, -0.15) is 24.4 Å². The van der Waals surface area contributed by atoms with Crippen molar-refractivity contribution >= 4 is 142 Å². The van der Waals surface area contributed by atoms with Crippen LogP contribution in [0.1, 0.15) is 114 Å². The number of thiol groups is 1. The molecule has 1 heterocycles. The van der Waals surface area contributed by atoms with Crippen LogP contribution in [0.15, 0.2) is 60.8 Å². The molecule has 35 N–H and O–H groups in total. The molecule has 3 aromatic rings. The number of nitrogens with two attached hydrogens (primary N) is 8. The number of benzene rings is 2. The summed E-state index contributed by atoms with van der Waals surface area (Å²) in [5, 5.41) is 68.4. The van der Waals surface area contributed by atoms with E-state index in [4.69, 9.17) is 62.1 Å². The molecule has 0 aliphatic heterocycles. The van der Waals surface area contributed by atoms with Gasteiger partial charge >= 0.3 is 5.97 Å². The molecule has 0 fully saturated rings. The van der Waals surface area contributed by atoms with E-state index in [1.54, 1.807) is 67.0 Å². The lowest BCUT2D eigenvalue weighted by atomic mass is 10.0. The van der Waals surface area contributed by atoms with Crippen molar-refractivity contribution in [3.05, 3.63) is 71.9 Å². The number of hydrogen-bond acceptors (Lipinski definition) is 22. The minimum Gasteiger partial charge on any atom is -0.480 e. The number of aromatic nitrogens is 1. The van der Waals surface area contributed by atoms with Gasteiger partial charge in [-0.1, -0.05) is 48.5 Å². The van der Waals surface area contributed by atoms with Gasteiger partial charge in [0.2, 0.25) is 82.7 Å². The highest BCUT2D eigenvalue weighted by Gasteiger charge is 2.38. The van der Waals surface area contributed by atoms with Gasteiger partial charge in [-0.25, -0.2) is 4.79 Å². The molecular weight excluding hydrogens is 1510 g/mol. The largest absolute Gasteiger partial charge is 0.480 e. The van der Waals surface area contributed by atoms with Crippen LogP contribution in [-0.4, -0.2) is 233 Å². The van der Waals surface area contributed by atoms with Gasteiger partial charge in [-0.3, -0.25) is 83.4 Å². The number of carboxylic acids is 1. The summed E-state index contributed by atoms with van der Waals surface area (Å²) in [4.78, 5) is 210. The molecule has 0 saturated carbocycles. The fourth-order valence-electron chi connectivity index (χ4n) is 11.2. The molecule has 1 aromatic heterocycles. The topological polar surface area (TPSA) is 740 Å². The third-order valence-corrected chi connectivity index (χ3v) is 18.3. The second kappa shape index (κ2) is 51.1. The van der Waals surface area contributed by atoms with Gasteiger partial charge in [0.15, 0.2) is 17.9 Å². The fraction of sp³-hybridized carbons (Fsp3) is 0.536. The summed E-state index contributed by atoms with van der Waals surface area (Å²) in [6.45, 7) is 1.49.